The van der Waals surface area contributed by atoms with Crippen molar-refractivity contribution in [1.29, 1.82) is 0 Å². The Hall–Kier alpha value is -1.42. The molecular formula is C11H15NO3. The molecule has 0 aromatic heterocycles. The van der Waals surface area contributed by atoms with E-state index < -0.39 is 0 Å². The topological polar surface area (TPSA) is 50.7 Å². The van der Waals surface area contributed by atoms with Gasteiger partial charge in [0, 0.05) is 12.6 Å². The lowest BCUT2D eigenvalue weighted by atomic mass is 10.3. The van der Waals surface area contributed by atoms with Crippen LogP contribution in [0.15, 0.2) is 18.2 Å². The Morgan fingerprint density at radius 2 is 2.33 bits per heavy atom. The van der Waals surface area contributed by atoms with Gasteiger partial charge in [-0.25, -0.2) is 0 Å². The van der Waals surface area contributed by atoms with Crippen molar-refractivity contribution in [3.05, 3.63) is 18.2 Å². The highest BCUT2D eigenvalue weighted by molar-refractivity contribution is 5.44. The van der Waals surface area contributed by atoms with Gasteiger partial charge in [0.05, 0.1) is 7.11 Å². The predicted octanol–water partition coefficient (Wildman–Crippen LogP) is 1.14. The summed E-state index contributed by atoms with van der Waals surface area (Å²) in [5.74, 6) is 1.31. The smallest absolute Gasteiger partial charge is 0.164 e. The first kappa shape index (κ1) is 10.1. The number of nitrogens with one attached hydrogen (secondary N) is 1. The molecule has 2 N–H and O–H groups in total. The van der Waals surface area contributed by atoms with Gasteiger partial charge in [0.2, 0.25) is 0 Å². The summed E-state index contributed by atoms with van der Waals surface area (Å²) >= 11 is 0. The zero-order valence-corrected chi connectivity index (χ0v) is 8.69. The number of methoxy groups -OCH3 is 1. The minimum absolute atomic E-state index is 0.134. The monoisotopic (exact) mass is 209 g/mol. The van der Waals surface area contributed by atoms with Crippen LogP contribution < -0.4 is 14.8 Å². The van der Waals surface area contributed by atoms with Crippen LogP contribution in [-0.4, -0.2) is 31.4 Å². The van der Waals surface area contributed by atoms with Crippen molar-refractivity contribution in [3.63, 3.8) is 0 Å². The van der Waals surface area contributed by atoms with Crippen LogP contribution in [0.3, 0.4) is 0 Å². The molecule has 2 rings (SSSR count). The SMILES string of the molecule is COc1cc(OC2CCNC2)ccc1O. The maximum atomic E-state index is 9.40. The molecule has 1 fully saturated rings. The molecule has 1 unspecified atom stereocenters. The summed E-state index contributed by atoms with van der Waals surface area (Å²) in [4.78, 5) is 0. The second-order valence-corrected chi connectivity index (χ2v) is 3.57. The van der Waals surface area contributed by atoms with Crippen molar-refractivity contribution >= 4 is 0 Å². The first-order valence-electron chi connectivity index (χ1n) is 5.04. The summed E-state index contributed by atoms with van der Waals surface area (Å²) in [7, 11) is 1.52. The van der Waals surface area contributed by atoms with Crippen LogP contribution >= 0.6 is 0 Å². The van der Waals surface area contributed by atoms with Crippen LogP contribution in [0.4, 0.5) is 0 Å². The van der Waals surface area contributed by atoms with Gasteiger partial charge >= 0.3 is 0 Å². The number of hydrogen-bond acceptors (Lipinski definition) is 4. The van der Waals surface area contributed by atoms with Crippen LogP contribution in [0.1, 0.15) is 6.42 Å². The van der Waals surface area contributed by atoms with Gasteiger partial charge in [-0.3, -0.25) is 0 Å². The summed E-state index contributed by atoms with van der Waals surface area (Å²) in [5.41, 5.74) is 0. The standard InChI is InChI=1S/C11H15NO3/c1-14-11-6-8(2-3-10(11)13)15-9-4-5-12-7-9/h2-3,6,9,12-13H,4-5,7H2,1H3. The zero-order chi connectivity index (χ0) is 10.7. The van der Waals surface area contributed by atoms with Crippen LogP contribution in [0.2, 0.25) is 0 Å². The van der Waals surface area contributed by atoms with Crippen LogP contribution in [0.25, 0.3) is 0 Å². The summed E-state index contributed by atoms with van der Waals surface area (Å²) in [6.45, 7) is 1.88. The van der Waals surface area contributed by atoms with Gasteiger partial charge in [-0.05, 0) is 25.1 Å². The Kier molecular flexibility index (Phi) is 2.97. The zero-order valence-electron chi connectivity index (χ0n) is 8.69. The molecule has 1 atom stereocenters. The van der Waals surface area contributed by atoms with E-state index in [1.165, 1.54) is 7.11 Å². The molecule has 0 bridgehead atoms. The number of phenolic OH excluding ortho intramolecular Hbond substituents is 1. The fourth-order valence-electron chi connectivity index (χ4n) is 1.65. The van der Waals surface area contributed by atoms with Crippen molar-refractivity contribution in [2.45, 2.75) is 12.5 Å². The molecular weight excluding hydrogens is 194 g/mol. The van der Waals surface area contributed by atoms with E-state index in [0.29, 0.717) is 5.75 Å². The molecule has 1 heterocycles. The first-order chi connectivity index (χ1) is 7.29. The van der Waals surface area contributed by atoms with Gasteiger partial charge < -0.3 is 19.9 Å². The van der Waals surface area contributed by atoms with Gasteiger partial charge in [0.1, 0.15) is 11.9 Å². The minimum atomic E-state index is 0.134. The van der Waals surface area contributed by atoms with Crippen LogP contribution in [-0.2, 0) is 0 Å². The molecule has 82 valence electrons. The van der Waals surface area contributed by atoms with E-state index in [0.717, 1.165) is 25.3 Å². The highest BCUT2D eigenvalue weighted by atomic mass is 16.5. The fraction of sp³-hybridized carbons (Fsp3) is 0.455. The lowest BCUT2D eigenvalue weighted by molar-refractivity contribution is 0.221. The normalized spacial score (nSPS) is 20.2. The minimum Gasteiger partial charge on any atom is -0.504 e. The van der Waals surface area contributed by atoms with Crippen LogP contribution in [0.5, 0.6) is 17.2 Å². The van der Waals surface area contributed by atoms with Gasteiger partial charge in [-0.15, -0.1) is 0 Å². The Morgan fingerprint density at radius 3 is 3.00 bits per heavy atom. The summed E-state index contributed by atoms with van der Waals surface area (Å²) in [5, 5.41) is 12.6. The molecule has 4 heteroatoms. The molecule has 0 saturated carbocycles. The largest absolute Gasteiger partial charge is 0.504 e. The lowest BCUT2D eigenvalue weighted by Gasteiger charge is -2.13. The highest BCUT2D eigenvalue weighted by Gasteiger charge is 2.16. The highest BCUT2D eigenvalue weighted by Crippen LogP contribution is 2.30. The molecule has 4 nitrogen and oxygen atoms in total. The molecule has 0 amide bonds. The molecule has 1 aliphatic rings. The Bertz CT molecular complexity index is 335. The second kappa shape index (κ2) is 4.40. The molecule has 0 spiro atoms. The number of benzene rings is 1. The molecule has 1 aliphatic heterocycles. The average molecular weight is 209 g/mol. The van der Waals surface area contributed by atoms with Gasteiger partial charge in [0.15, 0.2) is 11.5 Å². The van der Waals surface area contributed by atoms with E-state index in [1.54, 1.807) is 18.2 Å². The summed E-state index contributed by atoms with van der Waals surface area (Å²) in [6, 6.07) is 5.03. The van der Waals surface area contributed by atoms with Crippen LogP contribution in [0, 0.1) is 0 Å². The number of hydrogen-bond donors (Lipinski definition) is 2. The number of ether oxygens (including phenoxy) is 2. The molecule has 0 radical (unpaired) electrons. The lowest BCUT2D eigenvalue weighted by Crippen LogP contribution is -2.19. The summed E-state index contributed by atoms with van der Waals surface area (Å²) < 4.78 is 10.7. The maximum Gasteiger partial charge on any atom is 0.164 e. The first-order valence-corrected chi connectivity index (χ1v) is 5.04. The molecule has 15 heavy (non-hydrogen) atoms. The average Bonchev–Trinajstić information content (AvgIpc) is 2.73. The maximum absolute atomic E-state index is 9.40. The second-order valence-electron chi connectivity index (χ2n) is 3.57. The van der Waals surface area contributed by atoms with E-state index in [4.69, 9.17) is 9.47 Å². The predicted molar refractivity (Wildman–Crippen MR) is 56.6 cm³/mol. The van der Waals surface area contributed by atoms with E-state index >= 15 is 0 Å². The van der Waals surface area contributed by atoms with Crippen molar-refractivity contribution < 1.29 is 14.6 Å². The quantitative estimate of drug-likeness (QED) is 0.783. The van der Waals surface area contributed by atoms with Crippen molar-refractivity contribution in [3.8, 4) is 17.2 Å². The number of rotatable bonds is 3. The van der Waals surface area contributed by atoms with Crippen molar-refractivity contribution in [2.75, 3.05) is 20.2 Å². The van der Waals surface area contributed by atoms with E-state index in [-0.39, 0.29) is 11.9 Å². The van der Waals surface area contributed by atoms with E-state index in [9.17, 15) is 5.11 Å². The fourth-order valence-corrected chi connectivity index (χ4v) is 1.65. The Labute approximate surface area is 88.8 Å². The van der Waals surface area contributed by atoms with E-state index in [2.05, 4.69) is 5.32 Å². The number of phenols is 1. The number of aromatic hydroxyl groups is 1. The molecule has 1 saturated heterocycles. The molecule has 0 aliphatic carbocycles. The molecule has 1 aromatic rings. The van der Waals surface area contributed by atoms with Crippen molar-refractivity contribution in [2.24, 2.45) is 0 Å². The third-order valence-corrected chi connectivity index (χ3v) is 2.47. The van der Waals surface area contributed by atoms with Crippen molar-refractivity contribution in [1.82, 2.24) is 5.32 Å². The Morgan fingerprint density at radius 1 is 1.47 bits per heavy atom. The van der Waals surface area contributed by atoms with E-state index in [1.807, 2.05) is 0 Å². The third-order valence-electron chi connectivity index (χ3n) is 2.47. The van der Waals surface area contributed by atoms with Gasteiger partial charge in [0.25, 0.3) is 0 Å². The third kappa shape index (κ3) is 2.33. The van der Waals surface area contributed by atoms with Gasteiger partial charge in [-0.2, -0.15) is 0 Å². The summed E-state index contributed by atoms with van der Waals surface area (Å²) in [6.07, 6.45) is 1.24. The Balaban J connectivity index is 2.07. The van der Waals surface area contributed by atoms with Gasteiger partial charge in [-0.1, -0.05) is 0 Å². The molecule has 1 aromatic carbocycles.